The molecule has 0 unspecified atom stereocenters. The fraction of sp³-hybridized carbons (Fsp3) is 0.545. The summed E-state index contributed by atoms with van der Waals surface area (Å²) in [6.45, 7) is 8.33. The van der Waals surface area contributed by atoms with Gasteiger partial charge in [-0.3, -0.25) is 4.98 Å². The second kappa shape index (κ2) is 11.5. The van der Waals surface area contributed by atoms with E-state index in [1.807, 2.05) is 26.1 Å². The average molecular weight is 201 g/mol. The fourth-order valence-electron chi connectivity index (χ4n) is 0.717. The molecule has 0 amide bonds. The van der Waals surface area contributed by atoms with Gasteiger partial charge in [0.25, 0.3) is 0 Å². The normalized spacial score (nSPS) is 7.46. The van der Waals surface area contributed by atoms with Crippen LogP contribution < -0.4 is 0 Å². The van der Waals surface area contributed by atoms with Crippen LogP contribution in [0.1, 0.15) is 46.6 Å². The molecule has 1 heterocycles. The minimum Gasteiger partial charge on any atom is -0.264 e. The van der Waals surface area contributed by atoms with Crippen molar-refractivity contribution in [2.75, 3.05) is 0 Å². The zero-order chi connectivity index (χ0) is 8.69. The summed E-state index contributed by atoms with van der Waals surface area (Å²) in [6.07, 6.45) is 3.70. The molecule has 13 heavy (non-hydrogen) atoms. The lowest BCUT2D eigenvalue weighted by atomic mass is 10.1. The number of hydrogen-bond donors (Lipinski definition) is 0. The van der Waals surface area contributed by atoms with E-state index in [2.05, 4.69) is 24.9 Å². The average Bonchev–Trinajstić information content (AvgIpc) is 2.10. The summed E-state index contributed by atoms with van der Waals surface area (Å²) in [5.41, 5.74) is 1.30. The highest BCUT2D eigenvalue weighted by Gasteiger charge is 1.94. The second-order valence-electron chi connectivity index (χ2n) is 2.44. The summed E-state index contributed by atoms with van der Waals surface area (Å²) >= 11 is 0. The van der Waals surface area contributed by atoms with E-state index in [4.69, 9.17) is 0 Å². The molecule has 1 rings (SSSR count). The van der Waals surface area contributed by atoms with Crippen molar-refractivity contribution in [3.8, 4) is 0 Å². The highest BCUT2D eigenvalue weighted by Crippen LogP contribution is 2.10. The Bertz CT molecular complexity index is 173. The second-order valence-corrected chi connectivity index (χ2v) is 2.44. The molecule has 1 nitrogen and oxygen atoms in total. The number of nitrogens with zero attached hydrogens (tertiary/aromatic N) is 1. The zero-order valence-corrected chi connectivity index (χ0v) is 9.33. The van der Waals surface area contributed by atoms with Crippen LogP contribution in [0, 0.1) is 0 Å². The molecule has 1 aromatic heterocycles. The monoisotopic (exact) mass is 201 g/mol. The van der Waals surface area contributed by atoms with Gasteiger partial charge in [-0.1, -0.05) is 41.2 Å². The lowest BCUT2D eigenvalue weighted by Crippen LogP contribution is -1.85. The van der Waals surface area contributed by atoms with Crippen LogP contribution in [0.2, 0.25) is 0 Å². The van der Waals surface area contributed by atoms with Gasteiger partial charge in [-0.15, -0.1) is 0 Å². The Morgan fingerprint density at radius 2 is 1.77 bits per heavy atom. The van der Waals surface area contributed by atoms with E-state index in [0.29, 0.717) is 5.92 Å². The highest BCUT2D eigenvalue weighted by molar-refractivity contribution is 7.59. The molecule has 0 atom stereocenters. The van der Waals surface area contributed by atoms with Gasteiger partial charge in [-0.2, -0.15) is 13.5 Å². The maximum Gasteiger partial charge on any atom is 0.0302 e. The van der Waals surface area contributed by atoms with Gasteiger partial charge in [0.2, 0.25) is 0 Å². The molecule has 0 bridgehead atoms. The predicted octanol–water partition coefficient (Wildman–Crippen LogP) is 3.98. The summed E-state index contributed by atoms with van der Waals surface area (Å²) < 4.78 is 0. The molecule has 1 aromatic rings. The van der Waals surface area contributed by atoms with E-state index in [1.54, 1.807) is 6.20 Å². The van der Waals surface area contributed by atoms with Crippen LogP contribution in [0.25, 0.3) is 0 Å². The third-order valence-electron chi connectivity index (χ3n) is 1.35. The van der Waals surface area contributed by atoms with E-state index in [0.717, 1.165) is 0 Å². The molecule has 0 radical (unpaired) electrons. The Balaban J connectivity index is -0.000000234. The number of pyridine rings is 1. The SMILES string of the molecule is C.CC.CC(C)c1cccnc1.S. The van der Waals surface area contributed by atoms with Crippen molar-refractivity contribution in [2.24, 2.45) is 0 Å². The Morgan fingerprint density at radius 1 is 1.23 bits per heavy atom. The van der Waals surface area contributed by atoms with E-state index < -0.39 is 0 Å². The minimum absolute atomic E-state index is 0. The smallest absolute Gasteiger partial charge is 0.0302 e. The largest absolute Gasteiger partial charge is 0.264 e. The third-order valence-corrected chi connectivity index (χ3v) is 1.35. The standard InChI is InChI=1S/C8H11N.C2H6.CH4.H2S/c1-7(2)8-4-3-5-9-6-8;1-2;;/h3-7H,1-2H3;1-2H3;1H4;1H2. The number of hydrogen-bond acceptors (Lipinski definition) is 1. The van der Waals surface area contributed by atoms with Crippen molar-refractivity contribution in [1.82, 2.24) is 4.98 Å². The van der Waals surface area contributed by atoms with Gasteiger partial charge in [-0.05, 0) is 17.5 Å². The Hall–Kier alpha value is -0.500. The van der Waals surface area contributed by atoms with Gasteiger partial charge in [-0.25, -0.2) is 0 Å². The fourth-order valence-corrected chi connectivity index (χ4v) is 0.717. The first kappa shape index (κ1) is 18.3. The number of rotatable bonds is 1. The summed E-state index contributed by atoms with van der Waals surface area (Å²) in [5, 5.41) is 0. The molecule has 0 saturated carbocycles. The quantitative estimate of drug-likeness (QED) is 0.669. The van der Waals surface area contributed by atoms with Crippen molar-refractivity contribution in [3.05, 3.63) is 30.1 Å². The lowest BCUT2D eigenvalue weighted by Gasteiger charge is -2.00. The number of aromatic nitrogens is 1. The van der Waals surface area contributed by atoms with Gasteiger partial charge < -0.3 is 0 Å². The highest BCUT2D eigenvalue weighted by atomic mass is 32.1. The maximum absolute atomic E-state index is 4.01. The van der Waals surface area contributed by atoms with Crippen LogP contribution >= 0.6 is 13.5 Å². The van der Waals surface area contributed by atoms with Gasteiger partial charge in [0, 0.05) is 12.4 Å². The van der Waals surface area contributed by atoms with Gasteiger partial charge in [0.1, 0.15) is 0 Å². The van der Waals surface area contributed by atoms with Crippen molar-refractivity contribution < 1.29 is 0 Å². The van der Waals surface area contributed by atoms with E-state index in [1.165, 1.54) is 5.56 Å². The summed E-state index contributed by atoms with van der Waals surface area (Å²) in [4.78, 5) is 4.01. The Morgan fingerprint density at radius 3 is 2.00 bits per heavy atom. The molecule has 0 spiro atoms. The molecule has 0 fully saturated rings. The van der Waals surface area contributed by atoms with Crippen LogP contribution in [0.3, 0.4) is 0 Å². The van der Waals surface area contributed by atoms with Crippen LogP contribution in [-0.2, 0) is 0 Å². The molecule has 0 N–H and O–H groups in total. The molecule has 0 aromatic carbocycles. The van der Waals surface area contributed by atoms with Crippen LogP contribution in [0.15, 0.2) is 24.5 Å². The van der Waals surface area contributed by atoms with Crippen molar-refractivity contribution in [2.45, 2.75) is 41.0 Å². The first-order valence-electron chi connectivity index (χ1n) is 4.20. The molecule has 0 aliphatic rings. The molecule has 2 heteroatoms. The lowest BCUT2D eigenvalue weighted by molar-refractivity contribution is 0.858. The van der Waals surface area contributed by atoms with E-state index in [9.17, 15) is 0 Å². The van der Waals surface area contributed by atoms with Crippen molar-refractivity contribution >= 4 is 13.5 Å². The summed E-state index contributed by atoms with van der Waals surface area (Å²) in [6, 6.07) is 4.06. The first-order valence-corrected chi connectivity index (χ1v) is 4.20. The van der Waals surface area contributed by atoms with Gasteiger partial charge in [0.15, 0.2) is 0 Å². The Labute approximate surface area is 90.0 Å². The van der Waals surface area contributed by atoms with Gasteiger partial charge >= 0.3 is 0 Å². The molecule has 0 saturated heterocycles. The first-order chi connectivity index (χ1) is 5.30. The topological polar surface area (TPSA) is 12.9 Å². The molecular weight excluding hydrogens is 178 g/mol. The third kappa shape index (κ3) is 7.85. The van der Waals surface area contributed by atoms with Crippen LogP contribution in [0.5, 0.6) is 0 Å². The van der Waals surface area contributed by atoms with Crippen molar-refractivity contribution in [3.63, 3.8) is 0 Å². The summed E-state index contributed by atoms with van der Waals surface area (Å²) in [5.74, 6) is 0.596. The van der Waals surface area contributed by atoms with E-state index >= 15 is 0 Å². The molecule has 0 aliphatic heterocycles. The van der Waals surface area contributed by atoms with E-state index in [-0.39, 0.29) is 20.9 Å². The predicted molar refractivity (Wildman–Crippen MR) is 66.8 cm³/mol. The maximum atomic E-state index is 4.01. The van der Waals surface area contributed by atoms with Crippen LogP contribution in [-0.4, -0.2) is 4.98 Å². The molecule has 0 aliphatic carbocycles. The molecular formula is C11H23NS. The molecule has 78 valence electrons. The van der Waals surface area contributed by atoms with Crippen molar-refractivity contribution in [1.29, 1.82) is 0 Å². The Kier molecular flexibility index (Phi) is 16.2. The summed E-state index contributed by atoms with van der Waals surface area (Å²) in [7, 11) is 0. The van der Waals surface area contributed by atoms with Gasteiger partial charge in [0.05, 0.1) is 0 Å². The zero-order valence-electron chi connectivity index (χ0n) is 8.33. The van der Waals surface area contributed by atoms with Crippen LogP contribution in [0.4, 0.5) is 0 Å². The minimum atomic E-state index is 0.